The maximum atomic E-state index is 16.8. The molecular weight excluding hydrogens is 1380 g/mol. The van der Waals surface area contributed by atoms with Crippen LogP contribution in [0.15, 0.2) is 109 Å². The van der Waals surface area contributed by atoms with Gasteiger partial charge in [0.15, 0.2) is 11.6 Å². The van der Waals surface area contributed by atoms with Crippen molar-refractivity contribution in [3.05, 3.63) is 154 Å². The van der Waals surface area contributed by atoms with Crippen LogP contribution >= 0.6 is 23.2 Å². The first-order valence-electron chi connectivity index (χ1n) is 33.9. The second-order valence-corrected chi connectivity index (χ2v) is 27.3. The highest BCUT2D eigenvalue weighted by atomic mass is 35.5. The van der Waals surface area contributed by atoms with Crippen LogP contribution in [-0.4, -0.2) is 249 Å². The van der Waals surface area contributed by atoms with E-state index in [0.717, 1.165) is 42.8 Å². The molecule has 0 bridgehead atoms. The largest absolute Gasteiger partial charge is 0.478 e. The summed E-state index contributed by atoms with van der Waals surface area (Å²) in [5, 5.41) is 12.9. The van der Waals surface area contributed by atoms with Crippen LogP contribution in [0.1, 0.15) is 33.6 Å². The molecule has 0 unspecified atom stereocenters. The molecule has 12 rings (SSSR count). The Balaban J connectivity index is 0.000000202. The van der Waals surface area contributed by atoms with Crippen molar-refractivity contribution < 1.29 is 61.4 Å². The number of anilines is 2. The number of halogens is 4. The van der Waals surface area contributed by atoms with Gasteiger partial charge in [-0.25, -0.2) is 31.5 Å². The quantitative estimate of drug-likeness (QED) is 0.0551. The van der Waals surface area contributed by atoms with Crippen LogP contribution in [0.2, 0.25) is 10.0 Å². The van der Waals surface area contributed by atoms with Crippen LogP contribution in [0, 0.1) is 24.8 Å². The Kier molecular flexibility index (Phi) is 26.2. The number of aromatic nitrogens is 6. The fourth-order valence-corrected chi connectivity index (χ4v) is 13.8. The first kappa shape index (κ1) is 77.1. The number of nitrogens with zero attached hydrogens (tertiary/aromatic N) is 14. The van der Waals surface area contributed by atoms with Crippen LogP contribution in [0.4, 0.5) is 25.2 Å². The predicted octanol–water partition coefficient (Wildman–Crippen LogP) is 11.2. The lowest BCUT2D eigenvalue weighted by Gasteiger charge is -2.40. The van der Waals surface area contributed by atoms with Gasteiger partial charge in [0.1, 0.15) is 65.0 Å². The molecule has 1 N–H and O–H groups in total. The minimum absolute atomic E-state index is 0.0232. The van der Waals surface area contributed by atoms with E-state index in [1.165, 1.54) is 19.3 Å². The maximum Gasteiger partial charge on any atom is 0.410 e. The number of hydrogen-bond acceptors (Lipinski definition) is 20. The highest BCUT2D eigenvalue weighted by Gasteiger charge is 2.39. The molecule has 8 heterocycles. The average molecular weight is 1470 g/mol. The molecule has 0 aliphatic carbocycles. The normalized spacial score (nSPS) is 19.5. The third-order valence-electron chi connectivity index (χ3n) is 18.4. The van der Waals surface area contributed by atoms with Gasteiger partial charge in [-0.1, -0.05) is 96.0 Å². The van der Waals surface area contributed by atoms with E-state index in [2.05, 4.69) is 44.2 Å². The van der Waals surface area contributed by atoms with Crippen LogP contribution in [0.3, 0.4) is 0 Å². The van der Waals surface area contributed by atoms with Crippen molar-refractivity contribution in [2.75, 3.05) is 144 Å². The lowest BCUT2D eigenvalue weighted by atomic mass is 10.0. The number of pyridine rings is 2. The first-order valence-corrected chi connectivity index (χ1v) is 34.6. The van der Waals surface area contributed by atoms with Crippen molar-refractivity contribution in [2.45, 2.75) is 75.6 Å². The number of ether oxygens (including phenoxy) is 7. The summed E-state index contributed by atoms with van der Waals surface area (Å²) in [5.41, 5.74) is 0.731. The Bertz CT molecular complexity index is 4550. The zero-order valence-electron chi connectivity index (χ0n) is 59.5. The number of carboxylic acid groups (broad SMARTS) is 1. The van der Waals surface area contributed by atoms with Crippen LogP contribution in [0.5, 0.6) is 12.0 Å². The molecule has 4 aromatic heterocycles. The predicted molar refractivity (Wildman–Crippen MR) is 394 cm³/mol. The summed E-state index contributed by atoms with van der Waals surface area (Å²) in [6, 6.07) is 21.5. The highest BCUT2D eigenvalue weighted by Crippen LogP contribution is 2.41. The molecule has 548 valence electrons. The number of benzene rings is 4. The van der Waals surface area contributed by atoms with Gasteiger partial charge in [0.25, 0.3) is 0 Å². The number of fused-ring (bicyclic) bond motifs is 4. The summed E-state index contributed by atoms with van der Waals surface area (Å²) in [4.78, 5) is 82.5. The Labute approximate surface area is 612 Å². The van der Waals surface area contributed by atoms with Crippen molar-refractivity contribution in [1.82, 2.24) is 49.5 Å². The Morgan fingerprint density at radius 3 is 1.45 bits per heavy atom. The number of methoxy groups -OCH3 is 4. The topological polar surface area (TPSA) is 242 Å². The minimum atomic E-state index is -0.943. The maximum absolute atomic E-state index is 16.8. The Morgan fingerprint density at radius 2 is 1.04 bits per heavy atom. The monoisotopic (exact) mass is 1460 g/mol. The van der Waals surface area contributed by atoms with E-state index in [0.29, 0.717) is 93.7 Å². The van der Waals surface area contributed by atoms with Gasteiger partial charge in [-0.15, -0.1) is 0 Å². The molecule has 8 aromatic rings. The molecule has 0 spiro atoms. The zero-order valence-corrected chi connectivity index (χ0v) is 61.0. The second-order valence-electron chi connectivity index (χ2n) is 26.4. The molecule has 4 saturated heterocycles. The van der Waals surface area contributed by atoms with Crippen LogP contribution in [0.25, 0.3) is 75.6 Å². The number of rotatable bonds is 20. The molecule has 29 heteroatoms. The van der Waals surface area contributed by atoms with Gasteiger partial charge in [-0.05, 0) is 70.6 Å². The van der Waals surface area contributed by atoms with E-state index in [-0.39, 0.29) is 104 Å². The summed E-state index contributed by atoms with van der Waals surface area (Å²) >= 11 is 13.2. The molecular formula is C75H84Cl2F2N14O11. The summed E-state index contributed by atoms with van der Waals surface area (Å²) in [5.74, 6) is -1.55. The Hall–Kier alpha value is -9.55. The van der Waals surface area contributed by atoms with E-state index in [1.54, 1.807) is 94.6 Å². The third kappa shape index (κ3) is 18.3. The average Bonchev–Trinajstić information content (AvgIpc) is 0.843. The standard InChI is InChI=1S/C35H39ClFN7O4.C35H37ClFN7O4.C5H8O3/c1-35(2,3)48-34(45)44-14-13-43(18-23(44)16-38-4)32-26-17-39-30(25-11-7-9-21-10-8-12-27(36)28(21)25)29(37)31(26)40-33(41-32)47-20-22-15-24(46-6)19-42(22)5;1-38-17-24-19-43(13-14-44(24)29(45)12-7-15-46-3)34-27-18-39-32(26-10-5-8-22-9-6-11-28(36)30(22)26)31(37)33(27)40-35(41-34)48-21-23-16-25(47-4)20-42(23)2;1-8-4-2-3-5(6)7/h7-12,17,22-24H,13-16,18-20H2,1-3,5-6H3;5-12,18,23-25H,13-17,19-21H2,2-4H3;2-3H,4H2,1H3,(H,6,7)/b;12-7+;3-2+/t22-,23-,24+;23-,24-,25+;/m00./s1. The van der Waals surface area contributed by atoms with Crippen molar-refractivity contribution in [3.63, 3.8) is 0 Å². The van der Waals surface area contributed by atoms with Crippen molar-refractivity contribution in [1.29, 1.82) is 0 Å². The fourth-order valence-electron chi connectivity index (χ4n) is 13.2. The molecule has 104 heavy (non-hydrogen) atoms. The SMILES string of the molecule is COC/C=C/C(=O)O.[C-]#[N+]C[C@H]1CN(c2nc(OC[C@@H]3C[C@@H](OC)CN3C)nc3c(F)c(-c4cccc5cccc(Cl)c45)ncc23)CCN1C(=O)/C=C/COC.[C-]#[N+]C[C@H]1CN(c2nc(OC[C@@H]3C[C@@H](OC)CN3C)nc3c(F)c(-c4cccc5cccc(Cl)c45)ncc23)CCN1C(=O)OC(C)(C)C. The van der Waals surface area contributed by atoms with Gasteiger partial charge in [0.2, 0.25) is 19.0 Å². The fraction of sp³-hybridized carbons (Fsp3) is 0.427. The van der Waals surface area contributed by atoms with Gasteiger partial charge in [0.05, 0.1) is 36.2 Å². The summed E-state index contributed by atoms with van der Waals surface area (Å²) < 4.78 is 72.2. The third-order valence-corrected chi connectivity index (χ3v) is 19.0. The van der Waals surface area contributed by atoms with Crippen molar-refractivity contribution >= 4 is 96.2 Å². The number of carbonyl (C=O) groups excluding carboxylic acids is 2. The zero-order chi connectivity index (χ0) is 74.4. The van der Waals surface area contributed by atoms with Gasteiger partial charge < -0.3 is 62.7 Å². The number of amides is 2. The molecule has 4 aliphatic rings. The van der Waals surface area contributed by atoms with E-state index < -0.39 is 41.4 Å². The van der Waals surface area contributed by atoms with Crippen LogP contribution < -0.4 is 19.3 Å². The lowest BCUT2D eigenvalue weighted by Crippen LogP contribution is -2.57. The van der Waals surface area contributed by atoms with E-state index in [4.69, 9.17) is 79.8 Å². The van der Waals surface area contributed by atoms with Gasteiger partial charge in [0, 0.05) is 149 Å². The number of likely N-dealkylation sites (N-methyl/N-ethyl adjacent to an activating group) is 2. The van der Waals surface area contributed by atoms with Crippen molar-refractivity contribution in [2.24, 2.45) is 0 Å². The highest BCUT2D eigenvalue weighted by molar-refractivity contribution is 6.37. The smallest absolute Gasteiger partial charge is 0.410 e. The number of hydrogen-bond donors (Lipinski definition) is 1. The minimum Gasteiger partial charge on any atom is -0.478 e. The van der Waals surface area contributed by atoms with E-state index >= 15 is 8.78 Å². The van der Waals surface area contributed by atoms with Gasteiger partial charge >= 0.3 is 24.1 Å². The number of aliphatic carboxylic acids is 1. The summed E-state index contributed by atoms with van der Waals surface area (Å²) in [7, 11) is 10.5. The van der Waals surface area contributed by atoms with E-state index in [1.807, 2.05) is 72.4 Å². The number of carboxylic acids is 1. The molecule has 0 saturated carbocycles. The summed E-state index contributed by atoms with van der Waals surface area (Å²) in [6.07, 6.45) is 10.0. The second kappa shape index (κ2) is 35.3. The van der Waals surface area contributed by atoms with Crippen molar-refractivity contribution in [3.8, 4) is 34.5 Å². The molecule has 4 fully saturated rings. The van der Waals surface area contributed by atoms with E-state index in [9.17, 15) is 14.4 Å². The molecule has 2 amide bonds. The molecule has 25 nitrogen and oxygen atoms in total. The first-order chi connectivity index (χ1) is 50.1. The Morgan fingerprint density at radius 1 is 0.606 bits per heavy atom. The number of carbonyl (C=O) groups is 3. The summed E-state index contributed by atoms with van der Waals surface area (Å²) in [6.45, 7) is 25.5. The molecule has 4 aromatic carbocycles. The molecule has 6 atom stereocenters. The molecule has 4 aliphatic heterocycles. The number of piperazine rings is 2. The van der Waals surface area contributed by atoms with Gasteiger partial charge in [-0.3, -0.25) is 29.5 Å². The molecule has 0 radical (unpaired) electrons. The lowest BCUT2D eigenvalue weighted by molar-refractivity contribution is -0.131. The number of likely N-dealkylation sites (tertiary alicyclic amines) is 2. The van der Waals surface area contributed by atoms with Crippen LogP contribution in [-0.2, 0) is 33.3 Å². The van der Waals surface area contributed by atoms with Gasteiger partial charge in [-0.2, -0.15) is 19.9 Å².